The minimum absolute atomic E-state index is 0.00878. The van der Waals surface area contributed by atoms with Crippen LogP contribution >= 0.6 is 0 Å². The Hall–Kier alpha value is -3.79. The second-order valence-corrected chi connectivity index (χ2v) is 8.86. The highest BCUT2D eigenvalue weighted by atomic mass is 19.1. The molecule has 2 heterocycles. The van der Waals surface area contributed by atoms with E-state index in [-0.39, 0.29) is 29.3 Å². The second-order valence-electron chi connectivity index (χ2n) is 8.86. The summed E-state index contributed by atoms with van der Waals surface area (Å²) in [6, 6.07) is 7.32. The Morgan fingerprint density at radius 3 is 2.54 bits per heavy atom. The van der Waals surface area contributed by atoms with Crippen molar-refractivity contribution in [2.24, 2.45) is 5.92 Å². The fourth-order valence-corrected chi connectivity index (χ4v) is 3.92. The van der Waals surface area contributed by atoms with Crippen LogP contribution in [-0.4, -0.2) is 72.7 Å². The molecule has 0 saturated heterocycles. The highest BCUT2D eigenvalue weighted by molar-refractivity contribution is 5.95. The number of likely N-dealkylation sites (N-methyl/N-ethyl adjacent to an activating group) is 2. The van der Waals surface area contributed by atoms with E-state index < -0.39 is 23.5 Å². The minimum atomic E-state index is -0.812. The van der Waals surface area contributed by atoms with Gasteiger partial charge in [0.15, 0.2) is 0 Å². The molecule has 0 radical (unpaired) electrons. The number of nitrogens with one attached hydrogen (secondary N) is 2. The zero-order valence-corrected chi connectivity index (χ0v) is 19.8. The quantitative estimate of drug-likeness (QED) is 0.539. The molecule has 184 valence electrons. The lowest BCUT2D eigenvalue weighted by Crippen LogP contribution is -2.34. The third-order valence-corrected chi connectivity index (χ3v) is 5.91. The van der Waals surface area contributed by atoms with Gasteiger partial charge in [-0.25, -0.2) is 8.78 Å². The van der Waals surface area contributed by atoms with E-state index in [4.69, 9.17) is 4.74 Å². The van der Waals surface area contributed by atoms with Gasteiger partial charge < -0.3 is 19.9 Å². The lowest BCUT2D eigenvalue weighted by molar-refractivity contribution is -0.121. The van der Waals surface area contributed by atoms with Crippen molar-refractivity contribution in [3.05, 3.63) is 65.5 Å². The third kappa shape index (κ3) is 5.48. The van der Waals surface area contributed by atoms with Crippen LogP contribution in [-0.2, 0) is 11.2 Å². The monoisotopic (exact) mass is 483 g/mol. The molecule has 0 fully saturated rings. The van der Waals surface area contributed by atoms with Gasteiger partial charge in [-0.3, -0.25) is 14.7 Å². The highest BCUT2D eigenvalue weighted by Crippen LogP contribution is 2.31. The highest BCUT2D eigenvalue weighted by Gasteiger charge is 2.28. The number of hydrogen-bond donors (Lipinski definition) is 2. The molecular formula is C25H27F2N5O3. The maximum atomic E-state index is 14.6. The number of amides is 2. The predicted octanol–water partition coefficient (Wildman–Crippen LogP) is 3.18. The van der Waals surface area contributed by atoms with Gasteiger partial charge in [0.25, 0.3) is 5.91 Å². The number of H-pyrrole nitrogens is 1. The van der Waals surface area contributed by atoms with Crippen LogP contribution in [0.3, 0.4) is 0 Å². The Balaban J connectivity index is 1.45. The van der Waals surface area contributed by atoms with E-state index in [2.05, 4.69) is 15.5 Å². The van der Waals surface area contributed by atoms with Crippen molar-refractivity contribution in [2.75, 3.05) is 46.2 Å². The molecule has 8 nitrogen and oxygen atoms in total. The number of hydrogen-bond acceptors (Lipinski definition) is 5. The molecule has 1 aliphatic rings. The number of ether oxygens (including phenoxy) is 1. The van der Waals surface area contributed by atoms with Crippen LogP contribution < -0.4 is 10.1 Å². The van der Waals surface area contributed by atoms with Gasteiger partial charge in [-0.15, -0.1) is 0 Å². The summed E-state index contributed by atoms with van der Waals surface area (Å²) in [5.74, 6) is -2.14. The van der Waals surface area contributed by atoms with Gasteiger partial charge in [0.05, 0.1) is 17.7 Å². The van der Waals surface area contributed by atoms with E-state index >= 15 is 0 Å². The Morgan fingerprint density at radius 1 is 1.14 bits per heavy atom. The number of aromatic amines is 1. The van der Waals surface area contributed by atoms with E-state index in [9.17, 15) is 18.4 Å². The van der Waals surface area contributed by atoms with Crippen molar-refractivity contribution in [1.82, 2.24) is 20.0 Å². The number of nitrogens with zero attached hydrogens (tertiary/aromatic N) is 3. The first kappa shape index (κ1) is 24.3. The molecule has 10 heteroatoms. The van der Waals surface area contributed by atoms with E-state index in [1.165, 1.54) is 12.4 Å². The fraction of sp³-hybridized carbons (Fsp3) is 0.320. The van der Waals surface area contributed by atoms with Crippen LogP contribution in [0, 0.1) is 17.6 Å². The number of aromatic nitrogens is 2. The summed E-state index contributed by atoms with van der Waals surface area (Å²) in [6.45, 7) is 1.44. The van der Waals surface area contributed by atoms with Gasteiger partial charge in [-0.1, -0.05) is 0 Å². The van der Waals surface area contributed by atoms with Gasteiger partial charge >= 0.3 is 0 Å². The van der Waals surface area contributed by atoms with Crippen LogP contribution in [0.5, 0.6) is 5.75 Å². The SMILES string of the molecule is CN(C)CCN(C)C(=O)c1ccc2c(c1)CC(C(=O)Nc1cc(F)c(-c3cn[nH]c3)c(F)c1)CO2. The van der Waals surface area contributed by atoms with E-state index in [0.717, 1.165) is 24.2 Å². The van der Waals surface area contributed by atoms with Gasteiger partial charge in [0.1, 0.15) is 24.0 Å². The lowest BCUT2D eigenvalue weighted by atomic mass is 9.94. The Morgan fingerprint density at radius 2 is 1.89 bits per heavy atom. The van der Waals surface area contributed by atoms with E-state index in [1.54, 1.807) is 30.1 Å². The van der Waals surface area contributed by atoms with E-state index in [0.29, 0.717) is 24.3 Å². The van der Waals surface area contributed by atoms with Crippen LogP contribution in [0.4, 0.5) is 14.5 Å². The molecule has 3 aromatic rings. The summed E-state index contributed by atoms with van der Waals surface area (Å²) in [4.78, 5) is 29.3. The Bertz CT molecular complexity index is 1210. The van der Waals surface area contributed by atoms with Crippen LogP contribution in [0.25, 0.3) is 11.1 Å². The molecule has 1 atom stereocenters. The number of fused-ring (bicyclic) bond motifs is 1. The first-order valence-electron chi connectivity index (χ1n) is 11.2. The molecule has 35 heavy (non-hydrogen) atoms. The van der Waals surface area contributed by atoms with Crippen molar-refractivity contribution in [3.8, 4) is 16.9 Å². The smallest absolute Gasteiger partial charge is 0.253 e. The minimum Gasteiger partial charge on any atom is -0.492 e. The fourth-order valence-electron chi connectivity index (χ4n) is 3.92. The molecular weight excluding hydrogens is 456 g/mol. The van der Waals surface area contributed by atoms with Crippen molar-refractivity contribution >= 4 is 17.5 Å². The summed E-state index contributed by atoms with van der Waals surface area (Å²) in [5, 5.41) is 8.80. The summed E-state index contributed by atoms with van der Waals surface area (Å²) in [7, 11) is 5.63. The summed E-state index contributed by atoms with van der Waals surface area (Å²) in [6.07, 6.45) is 3.03. The first-order chi connectivity index (χ1) is 16.7. The van der Waals surface area contributed by atoms with Crippen molar-refractivity contribution in [1.29, 1.82) is 0 Å². The standard InChI is InChI=1S/C25H27F2N5O3/c1-31(2)6-7-32(3)25(34)15-4-5-22-16(8-15)9-17(14-35-22)24(33)30-19-10-20(26)23(21(27)11-19)18-12-28-29-13-18/h4-5,8,10-13,17H,6-7,9,14H2,1-3H3,(H,28,29)(H,30,33). The number of carbonyl (C=O) groups excluding carboxylic acids is 2. The number of anilines is 1. The number of rotatable bonds is 7. The second kappa shape index (κ2) is 10.2. The first-order valence-corrected chi connectivity index (χ1v) is 11.2. The summed E-state index contributed by atoms with van der Waals surface area (Å²) < 4.78 is 34.8. The molecule has 1 unspecified atom stereocenters. The Labute approximate surface area is 201 Å². The number of halogens is 2. The maximum Gasteiger partial charge on any atom is 0.253 e. The Kier molecular flexibility index (Phi) is 7.11. The van der Waals surface area contributed by atoms with Gasteiger partial charge in [-0.05, 0) is 56.4 Å². The molecule has 2 aromatic carbocycles. The van der Waals surface area contributed by atoms with Crippen LogP contribution in [0.2, 0.25) is 0 Å². The summed E-state index contributed by atoms with van der Waals surface area (Å²) in [5.41, 5.74) is 1.30. The predicted molar refractivity (Wildman–Crippen MR) is 127 cm³/mol. The number of carbonyl (C=O) groups is 2. The van der Waals surface area contributed by atoms with Crippen molar-refractivity contribution in [3.63, 3.8) is 0 Å². The van der Waals surface area contributed by atoms with Gasteiger partial charge in [0.2, 0.25) is 5.91 Å². The van der Waals surface area contributed by atoms with E-state index in [1.807, 2.05) is 19.0 Å². The average molecular weight is 484 g/mol. The lowest BCUT2D eigenvalue weighted by Gasteiger charge is -2.26. The zero-order valence-electron chi connectivity index (χ0n) is 19.8. The molecule has 2 N–H and O–H groups in total. The number of benzene rings is 2. The molecule has 4 rings (SSSR count). The third-order valence-electron chi connectivity index (χ3n) is 5.91. The van der Waals surface area contributed by atoms with Gasteiger partial charge in [-0.2, -0.15) is 5.10 Å². The van der Waals surface area contributed by atoms with Crippen molar-refractivity contribution < 1.29 is 23.1 Å². The molecule has 0 saturated carbocycles. The molecule has 0 spiro atoms. The van der Waals surface area contributed by atoms with Crippen molar-refractivity contribution in [2.45, 2.75) is 6.42 Å². The molecule has 2 amide bonds. The summed E-state index contributed by atoms with van der Waals surface area (Å²) >= 11 is 0. The van der Waals surface area contributed by atoms with Crippen LogP contribution in [0.15, 0.2) is 42.7 Å². The zero-order chi connectivity index (χ0) is 25.1. The topological polar surface area (TPSA) is 90.6 Å². The maximum absolute atomic E-state index is 14.6. The molecule has 0 aliphatic carbocycles. The van der Waals surface area contributed by atoms with Crippen LogP contribution in [0.1, 0.15) is 15.9 Å². The normalized spacial score (nSPS) is 14.9. The van der Waals surface area contributed by atoms with Gasteiger partial charge in [0, 0.05) is 43.1 Å². The molecule has 1 aliphatic heterocycles. The molecule has 1 aromatic heterocycles. The molecule has 0 bridgehead atoms. The average Bonchev–Trinajstić information content (AvgIpc) is 3.35. The largest absolute Gasteiger partial charge is 0.492 e.